The number of benzene rings is 1. The van der Waals surface area contributed by atoms with Crippen molar-refractivity contribution in [2.45, 2.75) is 19.9 Å². The first kappa shape index (κ1) is 16.8. The average molecular weight is 318 g/mol. The first-order chi connectivity index (χ1) is 11.1. The van der Waals surface area contributed by atoms with Gasteiger partial charge in [-0.25, -0.2) is 4.79 Å². The zero-order valence-electron chi connectivity index (χ0n) is 13.2. The van der Waals surface area contributed by atoms with Crippen molar-refractivity contribution >= 4 is 11.5 Å². The largest absolute Gasteiger partial charge is 0.396 e. The summed E-state index contributed by atoms with van der Waals surface area (Å²) in [7, 11) is 0. The van der Waals surface area contributed by atoms with Gasteiger partial charge in [-0.05, 0) is 18.9 Å². The standard InChI is InChI=1S/C16H22N4O3/c1-2-19(9-6-10-21)13-14(17)20(16(23)18-15(13)22)11-12-7-4-3-5-8-12/h3-5,7-8,21H,2,6,9-11,17H2,1H3,(H,18,22,23). The van der Waals surface area contributed by atoms with Crippen molar-refractivity contribution in [1.82, 2.24) is 9.55 Å². The van der Waals surface area contributed by atoms with E-state index < -0.39 is 11.2 Å². The van der Waals surface area contributed by atoms with E-state index in [-0.39, 0.29) is 24.7 Å². The molecule has 7 nitrogen and oxygen atoms in total. The zero-order chi connectivity index (χ0) is 16.8. The van der Waals surface area contributed by atoms with Gasteiger partial charge in [0.2, 0.25) is 0 Å². The molecule has 0 aliphatic heterocycles. The fourth-order valence-corrected chi connectivity index (χ4v) is 2.50. The SMILES string of the molecule is CCN(CCCO)c1c(N)n(Cc2ccccc2)c(=O)[nH]c1=O. The second-order valence-corrected chi connectivity index (χ2v) is 5.22. The average Bonchev–Trinajstić information content (AvgIpc) is 2.55. The Labute approximate surface area is 134 Å². The molecule has 0 saturated heterocycles. The molecule has 0 spiro atoms. The van der Waals surface area contributed by atoms with Crippen LogP contribution in [0.4, 0.5) is 11.5 Å². The minimum absolute atomic E-state index is 0.0258. The number of aliphatic hydroxyl groups excluding tert-OH is 1. The Morgan fingerprint density at radius 3 is 2.57 bits per heavy atom. The third kappa shape index (κ3) is 3.81. The number of hydrogen-bond acceptors (Lipinski definition) is 5. The van der Waals surface area contributed by atoms with Crippen LogP contribution in [0, 0.1) is 0 Å². The van der Waals surface area contributed by atoms with Gasteiger partial charge >= 0.3 is 5.69 Å². The number of hydrogen-bond donors (Lipinski definition) is 3. The second-order valence-electron chi connectivity index (χ2n) is 5.22. The lowest BCUT2D eigenvalue weighted by atomic mass is 10.2. The molecule has 0 fully saturated rings. The lowest BCUT2D eigenvalue weighted by molar-refractivity contribution is 0.289. The number of nitrogen functional groups attached to an aromatic ring is 1. The summed E-state index contributed by atoms with van der Waals surface area (Å²) in [5, 5.41) is 8.99. The second kappa shape index (κ2) is 7.64. The van der Waals surface area contributed by atoms with E-state index >= 15 is 0 Å². The van der Waals surface area contributed by atoms with Crippen LogP contribution in [0.3, 0.4) is 0 Å². The quantitative estimate of drug-likeness (QED) is 0.684. The van der Waals surface area contributed by atoms with Gasteiger partial charge in [-0.2, -0.15) is 0 Å². The summed E-state index contributed by atoms with van der Waals surface area (Å²) in [5.41, 5.74) is 6.28. The number of aliphatic hydroxyl groups is 1. The molecule has 0 saturated carbocycles. The minimum Gasteiger partial charge on any atom is -0.396 e. The van der Waals surface area contributed by atoms with Crippen molar-refractivity contribution in [3.8, 4) is 0 Å². The van der Waals surface area contributed by atoms with E-state index in [4.69, 9.17) is 10.8 Å². The van der Waals surface area contributed by atoms with E-state index in [0.29, 0.717) is 19.5 Å². The van der Waals surface area contributed by atoms with Gasteiger partial charge in [-0.3, -0.25) is 14.3 Å². The molecule has 4 N–H and O–H groups in total. The molecule has 0 unspecified atom stereocenters. The van der Waals surface area contributed by atoms with Gasteiger partial charge in [-0.1, -0.05) is 30.3 Å². The molecule has 7 heteroatoms. The van der Waals surface area contributed by atoms with Crippen LogP contribution >= 0.6 is 0 Å². The van der Waals surface area contributed by atoms with Crippen LogP contribution in [-0.4, -0.2) is 34.4 Å². The van der Waals surface area contributed by atoms with Crippen molar-refractivity contribution in [3.63, 3.8) is 0 Å². The lowest BCUT2D eigenvalue weighted by Gasteiger charge is -2.24. The number of nitrogens with zero attached hydrogens (tertiary/aromatic N) is 2. The topological polar surface area (TPSA) is 104 Å². The Hall–Kier alpha value is -2.54. The van der Waals surface area contributed by atoms with Crippen molar-refractivity contribution in [3.05, 3.63) is 56.7 Å². The first-order valence-corrected chi connectivity index (χ1v) is 7.60. The zero-order valence-corrected chi connectivity index (χ0v) is 13.2. The first-order valence-electron chi connectivity index (χ1n) is 7.60. The Morgan fingerprint density at radius 2 is 1.96 bits per heavy atom. The van der Waals surface area contributed by atoms with Gasteiger partial charge in [0, 0.05) is 19.7 Å². The summed E-state index contributed by atoms with van der Waals surface area (Å²) in [4.78, 5) is 28.4. The van der Waals surface area contributed by atoms with Crippen molar-refractivity contribution in [2.75, 3.05) is 30.3 Å². The molecule has 2 rings (SSSR count). The molecule has 2 aromatic rings. The number of nitrogens with one attached hydrogen (secondary N) is 1. The number of H-pyrrole nitrogens is 1. The van der Waals surface area contributed by atoms with Crippen molar-refractivity contribution < 1.29 is 5.11 Å². The van der Waals surface area contributed by atoms with Crippen molar-refractivity contribution in [1.29, 1.82) is 0 Å². The fraction of sp³-hybridized carbons (Fsp3) is 0.375. The van der Waals surface area contributed by atoms with E-state index in [1.807, 2.05) is 37.3 Å². The number of aromatic amines is 1. The highest BCUT2D eigenvalue weighted by Crippen LogP contribution is 2.17. The molecule has 0 atom stereocenters. The van der Waals surface area contributed by atoms with E-state index in [0.717, 1.165) is 5.56 Å². The highest BCUT2D eigenvalue weighted by atomic mass is 16.3. The fourth-order valence-electron chi connectivity index (χ4n) is 2.50. The van der Waals surface area contributed by atoms with E-state index in [9.17, 15) is 9.59 Å². The van der Waals surface area contributed by atoms with Crippen LogP contribution in [0.2, 0.25) is 0 Å². The Bertz CT molecular complexity index is 752. The molecular formula is C16H22N4O3. The predicted octanol–water partition coefficient (Wildman–Crippen LogP) is 0.376. The van der Waals surface area contributed by atoms with E-state index in [2.05, 4.69) is 4.98 Å². The van der Waals surface area contributed by atoms with Gasteiger partial charge < -0.3 is 15.7 Å². The molecule has 1 aromatic carbocycles. The molecule has 23 heavy (non-hydrogen) atoms. The molecule has 0 bridgehead atoms. The molecule has 0 radical (unpaired) electrons. The van der Waals surface area contributed by atoms with Crippen LogP contribution in [0.1, 0.15) is 18.9 Å². The smallest absolute Gasteiger partial charge is 0.330 e. The maximum atomic E-state index is 12.2. The van der Waals surface area contributed by atoms with Gasteiger partial charge in [-0.15, -0.1) is 0 Å². The lowest BCUT2D eigenvalue weighted by Crippen LogP contribution is -2.39. The van der Waals surface area contributed by atoms with Crippen LogP contribution in [0.25, 0.3) is 0 Å². The number of rotatable bonds is 7. The number of anilines is 2. The molecule has 0 aliphatic rings. The Balaban J connectivity index is 2.46. The van der Waals surface area contributed by atoms with Gasteiger partial charge in [0.15, 0.2) is 0 Å². The summed E-state index contributed by atoms with van der Waals surface area (Å²) in [6, 6.07) is 9.42. The number of aromatic nitrogens is 2. The highest BCUT2D eigenvalue weighted by Gasteiger charge is 2.17. The Morgan fingerprint density at radius 1 is 1.26 bits per heavy atom. The van der Waals surface area contributed by atoms with Crippen LogP contribution in [0.5, 0.6) is 0 Å². The molecular weight excluding hydrogens is 296 g/mol. The summed E-state index contributed by atoms with van der Waals surface area (Å²) in [5.74, 6) is 0.141. The highest BCUT2D eigenvalue weighted by molar-refractivity contribution is 5.62. The monoisotopic (exact) mass is 318 g/mol. The van der Waals surface area contributed by atoms with Crippen LogP contribution in [-0.2, 0) is 6.54 Å². The van der Waals surface area contributed by atoms with E-state index in [1.165, 1.54) is 4.57 Å². The van der Waals surface area contributed by atoms with Gasteiger partial charge in [0.05, 0.1) is 6.54 Å². The van der Waals surface area contributed by atoms with Crippen LogP contribution in [0.15, 0.2) is 39.9 Å². The molecule has 1 aromatic heterocycles. The summed E-state index contributed by atoms with van der Waals surface area (Å²) in [6.07, 6.45) is 0.518. The predicted molar refractivity (Wildman–Crippen MR) is 90.9 cm³/mol. The maximum Gasteiger partial charge on any atom is 0.330 e. The molecule has 1 heterocycles. The summed E-state index contributed by atoms with van der Waals surface area (Å²) >= 11 is 0. The van der Waals surface area contributed by atoms with Gasteiger partial charge in [0.1, 0.15) is 11.5 Å². The van der Waals surface area contributed by atoms with Crippen LogP contribution < -0.4 is 21.9 Å². The van der Waals surface area contributed by atoms with E-state index in [1.54, 1.807) is 4.90 Å². The summed E-state index contributed by atoms with van der Waals surface area (Å²) < 4.78 is 1.35. The minimum atomic E-state index is -0.529. The Kier molecular flexibility index (Phi) is 5.59. The van der Waals surface area contributed by atoms with Gasteiger partial charge in [0.25, 0.3) is 5.56 Å². The molecule has 0 amide bonds. The third-order valence-electron chi connectivity index (χ3n) is 3.68. The molecule has 0 aliphatic carbocycles. The number of nitrogens with two attached hydrogens (primary N) is 1. The maximum absolute atomic E-state index is 12.2. The summed E-state index contributed by atoms with van der Waals surface area (Å²) in [6.45, 7) is 3.24. The normalized spacial score (nSPS) is 10.7. The molecule has 124 valence electrons. The third-order valence-corrected chi connectivity index (χ3v) is 3.68. The van der Waals surface area contributed by atoms with Crippen molar-refractivity contribution in [2.24, 2.45) is 0 Å².